The maximum atomic E-state index is 12.4. The molecule has 0 radical (unpaired) electrons. The zero-order valence-corrected chi connectivity index (χ0v) is 65.4. The average molecular weight is 1640 g/mol. The van der Waals surface area contributed by atoms with Crippen LogP contribution < -0.4 is 49.1 Å². The first-order valence-electron chi connectivity index (χ1n) is 37.4. The van der Waals surface area contributed by atoms with E-state index in [0.717, 1.165) is 70.7 Å². The summed E-state index contributed by atoms with van der Waals surface area (Å²) in [5.74, 6) is 0.576. The highest BCUT2D eigenvalue weighted by Crippen LogP contribution is 2.30. The lowest BCUT2D eigenvalue weighted by atomic mass is 10.0. The normalized spacial score (nSPS) is 11.7. The van der Waals surface area contributed by atoms with Crippen LogP contribution in [0.5, 0.6) is 0 Å². The fourth-order valence-corrected chi connectivity index (χ4v) is 13.8. The molecular formula is C88H76ClN15O16. The van der Waals surface area contributed by atoms with Crippen molar-refractivity contribution in [3.8, 4) is 34.5 Å². The maximum Gasteiger partial charge on any atom is 0.274 e. The molecule has 9 aromatic carbocycles. The van der Waals surface area contributed by atoms with Crippen LogP contribution in [0.4, 0.5) is 5.88 Å². The number of aliphatic hydroxyl groups is 2. The number of hydrogen-bond donors (Lipinski definition) is 13. The molecule has 7 aromatic heterocycles. The van der Waals surface area contributed by atoms with Gasteiger partial charge in [0.2, 0.25) is 0 Å². The van der Waals surface area contributed by atoms with E-state index in [2.05, 4.69) is 60.8 Å². The number of nitrogens with zero attached hydrogens (tertiary/aromatic N) is 7. The predicted octanol–water partition coefficient (Wildman–Crippen LogP) is 11.2. The van der Waals surface area contributed by atoms with Crippen LogP contribution in [0.1, 0.15) is 111 Å². The zero-order chi connectivity index (χ0) is 85.0. The molecule has 31 nitrogen and oxygen atoms in total. The van der Waals surface area contributed by atoms with E-state index in [1.165, 1.54) is 103 Å². The maximum absolute atomic E-state index is 12.4. The minimum Gasteiger partial charge on any atom is -0.437 e. The number of aromatic nitrogens is 11. The van der Waals surface area contributed by atoms with E-state index >= 15 is 0 Å². The molecule has 0 aliphatic carbocycles. The Morgan fingerprint density at radius 3 is 1.35 bits per heavy atom. The highest BCUT2D eigenvalue weighted by atomic mass is 35.5. The molecule has 1 aliphatic rings. The molecule has 0 unspecified atom stereocenters. The van der Waals surface area contributed by atoms with Gasteiger partial charge in [0.05, 0.1) is 65.2 Å². The smallest absolute Gasteiger partial charge is 0.274 e. The summed E-state index contributed by atoms with van der Waals surface area (Å²) in [6.45, 7) is 6.79. The van der Waals surface area contributed by atoms with Crippen molar-refractivity contribution in [2.24, 2.45) is 7.05 Å². The van der Waals surface area contributed by atoms with Crippen molar-refractivity contribution >= 4 is 112 Å². The number of nitrogens with one attached hydrogen (secondary N) is 8. The van der Waals surface area contributed by atoms with Crippen molar-refractivity contribution in [2.45, 2.75) is 52.9 Å². The van der Waals surface area contributed by atoms with E-state index in [0.29, 0.717) is 124 Å². The number of carbonyl (C=O) groups excluding carboxylic acids is 5. The van der Waals surface area contributed by atoms with Crippen molar-refractivity contribution in [3.63, 3.8) is 0 Å². The number of anilines is 1. The van der Waals surface area contributed by atoms with Crippen LogP contribution in [0.3, 0.4) is 0 Å². The number of aliphatic hydroxyl groups excluding tert-OH is 2. The van der Waals surface area contributed by atoms with Crippen LogP contribution in [0.2, 0.25) is 5.02 Å². The quantitative estimate of drug-likeness (QED) is 0.0257. The number of carbonyl (C=O) groups is 5. The Hall–Kier alpha value is -14.9. The molecule has 17 rings (SSSR count). The molecule has 0 bridgehead atoms. The number of hydrogen-bond acceptors (Lipinski definition) is 22. The molecule has 1 fully saturated rings. The van der Waals surface area contributed by atoms with E-state index in [1.54, 1.807) is 46.8 Å². The van der Waals surface area contributed by atoms with Crippen molar-refractivity contribution in [1.29, 1.82) is 0 Å². The first-order valence-corrected chi connectivity index (χ1v) is 37.8. The standard InChI is InChI=1S/C19H19N3O4.C18H14N4O3.C18H17N3O3.C17H15N3O3.C16H11ClN2O3/c23-11-15(24)12-4-5-13-14(10-12)20-18(21-19(13)25)16-6-7-17(26-16)22-8-2-1-3-9-22;1-22-14-5-3-2-4-10(14)9-15(22)16-19-13-8-11(17(23)21-25)6-7-12(13)18(24)20-16;1-10-3-4-12(11(2)7-10)9-16-19-15-8-13(17(22)21-24)5-6-14(15)18(23)20-16;1-10-4-2-3-5-11(10)9-15-18-14-8-12(16(21)20-23)6-7-13(14)17(22)19-15;17-12-4-2-1-3-10(12)15-18-13-7-9(14(21)8-20)5-6-11(13)16(22)19-15/h4-7,10,23H,1-3,8-9,11H2,(H,20,21,25);2-9,25H,1H3,(H,21,23)(H,19,20,24);3-8,24H,9H2,1-2H3,(H,21,22)(H,19,20,23);2-8,23H,9H2,1H3,(H,20,21)(H,18,19,22);1-7,20H,8H2,(H,18,19,22). The van der Waals surface area contributed by atoms with Crippen LogP contribution in [-0.2, 0) is 19.9 Å². The SMILES string of the molecule is Cc1ccc(Cc2nc3cc(C(=O)NO)ccc3c(=O)[nH]2)c(C)c1.Cc1ccccc1Cc1nc2cc(C(=O)NO)ccc2c(=O)[nH]1.Cn1c(-c2nc3cc(C(=O)NO)ccc3c(=O)[nH]2)cc2ccccc21.O=C(CO)c1ccc2c(=O)[nH]c(-c3ccc(N4CCCCC4)o3)nc2c1.O=C(CO)c1ccc2c(=O)[nH]c(-c3ccccc3Cl)nc2c1. The Morgan fingerprint density at radius 1 is 0.433 bits per heavy atom. The number of ketones is 2. The van der Waals surface area contributed by atoms with Gasteiger partial charge in [-0.1, -0.05) is 102 Å². The highest BCUT2D eigenvalue weighted by Gasteiger charge is 2.21. The molecular weight excluding hydrogens is 1560 g/mol. The van der Waals surface area contributed by atoms with Gasteiger partial charge in [-0.05, 0) is 171 Å². The van der Waals surface area contributed by atoms with Crippen LogP contribution in [-0.4, -0.2) is 136 Å². The molecule has 16 aromatic rings. The molecule has 0 saturated carbocycles. The summed E-state index contributed by atoms with van der Waals surface area (Å²) in [4.78, 5) is 157. The van der Waals surface area contributed by atoms with E-state index in [9.17, 15) is 47.9 Å². The van der Waals surface area contributed by atoms with E-state index < -0.39 is 42.5 Å². The van der Waals surface area contributed by atoms with Crippen LogP contribution in [0.25, 0.3) is 99.9 Å². The Kier molecular flexibility index (Phi) is 25.6. The van der Waals surface area contributed by atoms with Gasteiger partial charge in [0.25, 0.3) is 45.5 Å². The summed E-state index contributed by atoms with van der Waals surface area (Å²) in [7, 11) is 1.90. The number of piperidine rings is 1. The Bertz CT molecular complexity index is 7000. The third kappa shape index (κ3) is 18.8. The molecule has 120 heavy (non-hydrogen) atoms. The van der Waals surface area contributed by atoms with Crippen molar-refractivity contribution in [1.82, 2.24) is 70.8 Å². The van der Waals surface area contributed by atoms with Gasteiger partial charge in [-0.25, -0.2) is 41.4 Å². The molecule has 1 saturated heterocycles. The number of furan rings is 1. The predicted molar refractivity (Wildman–Crippen MR) is 451 cm³/mol. The van der Waals surface area contributed by atoms with Crippen LogP contribution >= 0.6 is 11.6 Å². The average Bonchev–Trinajstić information content (AvgIpc) is 1.58. The molecule has 32 heteroatoms. The number of aryl methyl sites for hydroxylation is 4. The second-order valence-electron chi connectivity index (χ2n) is 27.9. The van der Waals surface area contributed by atoms with Crippen molar-refractivity contribution in [3.05, 3.63) is 324 Å². The van der Waals surface area contributed by atoms with E-state index in [4.69, 9.17) is 41.9 Å². The summed E-state index contributed by atoms with van der Waals surface area (Å²) < 4.78 is 7.85. The molecule has 0 spiro atoms. The molecule has 8 heterocycles. The van der Waals surface area contributed by atoms with Crippen LogP contribution in [0, 0.1) is 20.8 Å². The highest BCUT2D eigenvalue weighted by molar-refractivity contribution is 6.33. The monoisotopic (exact) mass is 1630 g/mol. The van der Waals surface area contributed by atoms with Crippen molar-refractivity contribution in [2.75, 3.05) is 31.2 Å². The first-order chi connectivity index (χ1) is 57.9. The zero-order valence-electron chi connectivity index (χ0n) is 64.7. The summed E-state index contributed by atoms with van der Waals surface area (Å²) in [6, 6.07) is 56.9. The van der Waals surface area contributed by atoms with Gasteiger partial charge < -0.3 is 49.0 Å². The number of amides is 3. The lowest BCUT2D eigenvalue weighted by Gasteiger charge is -2.25. The van der Waals surface area contributed by atoms with Crippen molar-refractivity contribution < 1.29 is 54.2 Å². The third-order valence-electron chi connectivity index (χ3n) is 19.9. The Morgan fingerprint density at radius 2 is 0.858 bits per heavy atom. The number of Topliss-reactive ketones (excluding diaryl/α,β-unsaturated/α-hetero) is 2. The van der Waals surface area contributed by atoms with Gasteiger partial charge in [-0.15, -0.1) is 0 Å². The molecule has 1 aliphatic heterocycles. The number of benzene rings is 9. The topological polar surface area (TPSA) is 473 Å². The summed E-state index contributed by atoms with van der Waals surface area (Å²) in [5.41, 5.74) is 14.5. The lowest BCUT2D eigenvalue weighted by Crippen LogP contribution is -2.28. The van der Waals surface area contributed by atoms with Crippen LogP contribution in [0.15, 0.2) is 229 Å². The largest absolute Gasteiger partial charge is 0.437 e. The molecule has 3 amide bonds. The van der Waals surface area contributed by atoms with E-state index in [-0.39, 0.29) is 44.5 Å². The Balaban J connectivity index is 0.000000130. The molecule has 606 valence electrons. The fourth-order valence-electron chi connectivity index (χ4n) is 13.6. The van der Waals surface area contributed by atoms with E-state index in [1.807, 2.05) is 105 Å². The number of aromatic amines is 5. The van der Waals surface area contributed by atoms with Gasteiger partial charge >= 0.3 is 0 Å². The number of rotatable bonds is 15. The molecule has 0 atom stereocenters. The number of para-hydroxylation sites is 1. The van der Waals surface area contributed by atoms with Gasteiger partial charge in [-0.2, -0.15) is 0 Å². The number of halogens is 1. The number of H-pyrrole nitrogens is 5. The van der Waals surface area contributed by atoms with Gasteiger partial charge in [0.15, 0.2) is 34.9 Å². The van der Waals surface area contributed by atoms with Gasteiger partial charge in [0, 0.05) is 83.3 Å². The summed E-state index contributed by atoms with van der Waals surface area (Å²) >= 11 is 6.12. The third-order valence-corrected chi connectivity index (χ3v) is 20.3. The minimum atomic E-state index is -0.657. The minimum absolute atomic E-state index is 0.219. The molecule has 13 N–H and O–H groups in total. The second kappa shape index (κ2) is 37.0. The van der Waals surface area contributed by atoms with Gasteiger partial charge in [0.1, 0.15) is 30.7 Å². The summed E-state index contributed by atoms with van der Waals surface area (Å²) in [5, 5.41) is 47.6. The number of fused-ring (bicyclic) bond motifs is 6. The second-order valence-corrected chi connectivity index (χ2v) is 28.3. The van der Waals surface area contributed by atoms with Gasteiger partial charge in [-0.3, -0.25) is 63.6 Å². The summed E-state index contributed by atoms with van der Waals surface area (Å²) in [6.07, 6.45) is 4.51. The first kappa shape index (κ1) is 83.1. The fraction of sp³-hybridized carbons (Fsp3) is 0.148. The Labute approximate surface area is 683 Å². The number of hydroxylamine groups is 3. The lowest BCUT2D eigenvalue weighted by molar-refractivity contribution is 0.0702.